The van der Waals surface area contributed by atoms with Gasteiger partial charge in [0.05, 0.1) is 0 Å². The molecule has 2 atom stereocenters. The predicted molar refractivity (Wildman–Crippen MR) is 80.0 cm³/mol. The van der Waals surface area contributed by atoms with Crippen molar-refractivity contribution in [1.82, 2.24) is 3.80 Å². The van der Waals surface area contributed by atoms with Gasteiger partial charge in [0.25, 0.3) is 0 Å². The number of benzene rings is 1. The molecule has 1 nitrogen and oxygen atoms in total. The zero-order valence-corrected chi connectivity index (χ0v) is 16.9. The van der Waals surface area contributed by atoms with Gasteiger partial charge in [-0.05, 0) is 0 Å². The van der Waals surface area contributed by atoms with Gasteiger partial charge in [-0.15, -0.1) is 0 Å². The summed E-state index contributed by atoms with van der Waals surface area (Å²) in [7, 11) is 0. The van der Waals surface area contributed by atoms with Crippen molar-refractivity contribution in [2.45, 2.75) is 43.6 Å². The molecule has 0 radical (unpaired) electrons. The molecule has 5 heteroatoms. The van der Waals surface area contributed by atoms with E-state index >= 15 is 0 Å². The summed E-state index contributed by atoms with van der Waals surface area (Å²) in [6.45, 7) is 9.12. The fourth-order valence-corrected chi connectivity index (χ4v) is 13.8. The summed E-state index contributed by atoms with van der Waals surface area (Å²) in [6.07, 6.45) is 6.06. The summed E-state index contributed by atoms with van der Waals surface area (Å²) < 4.78 is 4.78. The molecular weight excluding hydrogens is 341 g/mol. The van der Waals surface area contributed by atoms with E-state index in [1.54, 1.807) is 5.56 Å². The second-order valence-electron chi connectivity index (χ2n) is 5.53. The molecule has 0 heterocycles. The van der Waals surface area contributed by atoms with Crippen LogP contribution in [0.5, 0.6) is 0 Å². The maximum atomic E-state index is 4.03. The van der Waals surface area contributed by atoms with Crippen LogP contribution in [0.1, 0.15) is 35.6 Å². The van der Waals surface area contributed by atoms with Crippen molar-refractivity contribution < 1.29 is 42.2 Å². The topological polar surface area (TPSA) is 12.0 Å². The second kappa shape index (κ2) is 9.45. The summed E-state index contributed by atoms with van der Waals surface area (Å²) in [5, 5.41) is 0. The molecule has 0 saturated carbocycles. The van der Waals surface area contributed by atoms with Crippen molar-refractivity contribution >= 4 is 12.7 Å². The van der Waals surface area contributed by atoms with Crippen LogP contribution in [0.15, 0.2) is 30.3 Å². The number of rotatable bonds is 5. The van der Waals surface area contributed by atoms with Crippen molar-refractivity contribution in [2.24, 2.45) is 0 Å². The van der Waals surface area contributed by atoms with Crippen molar-refractivity contribution in [3.05, 3.63) is 41.5 Å². The molecule has 0 bridgehead atoms. The van der Waals surface area contributed by atoms with E-state index in [0.717, 1.165) is 4.22 Å². The fourth-order valence-electron chi connectivity index (χ4n) is 2.52. The standard InChI is InChI=1S/C9H7.C4H10N.C2H7Si.2ClH.Ti/c1-2-5-9-7-3-6-8(9)4-1;1-3-4(2)5;1-3-2;;;/h1-7H;4-5H,3H2,1-2H3;3H,1-2H3;2*1H;/q;-1;;;;+3/p-2. The number of halogens is 2. The molecule has 0 aromatic heterocycles. The maximum Gasteiger partial charge on any atom is -1.00 e. The number of allylic oxidation sites excluding steroid dienone is 1. The van der Waals surface area contributed by atoms with Crippen molar-refractivity contribution in [3.8, 4) is 0 Å². The van der Waals surface area contributed by atoms with Crippen LogP contribution in [0.2, 0.25) is 13.1 Å². The second-order valence-corrected chi connectivity index (χ2v) is 18.7. The Kier molecular flexibility index (Phi) is 9.65. The minimum absolute atomic E-state index is 0. The van der Waals surface area contributed by atoms with Gasteiger partial charge in [-0.3, -0.25) is 0 Å². The molecule has 2 rings (SSSR count). The third-order valence-corrected chi connectivity index (χ3v) is 16.1. The maximum absolute atomic E-state index is 4.03. The third-order valence-electron chi connectivity index (χ3n) is 3.78. The summed E-state index contributed by atoms with van der Waals surface area (Å²) in [5.41, 5.74) is 3.04. The molecule has 1 aromatic carbocycles. The van der Waals surface area contributed by atoms with E-state index in [4.69, 9.17) is 0 Å². The molecule has 111 valence electrons. The molecule has 0 aliphatic heterocycles. The van der Waals surface area contributed by atoms with Crippen LogP contribution in [0, 0.1) is 0 Å². The minimum atomic E-state index is -1.18. The molecule has 20 heavy (non-hydrogen) atoms. The van der Waals surface area contributed by atoms with Gasteiger partial charge in [-0.2, -0.15) is 0 Å². The summed E-state index contributed by atoms with van der Waals surface area (Å²) in [5.74, 6) is 0. The Bertz CT molecular complexity index is 440. The average Bonchev–Trinajstić information content (AvgIpc) is 2.79. The predicted octanol–water partition coefficient (Wildman–Crippen LogP) is -2.33. The first-order valence-corrected chi connectivity index (χ1v) is 14.3. The van der Waals surface area contributed by atoms with Gasteiger partial charge in [-0.1, -0.05) is 0 Å². The van der Waals surface area contributed by atoms with E-state index in [-0.39, 0.29) is 24.8 Å². The van der Waals surface area contributed by atoms with Crippen molar-refractivity contribution in [3.63, 3.8) is 0 Å². The van der Waals surface area contributed by atoms with Crippen LogP contribution in [-0.2, 0) is 17.4 Å². The fraction of sp³-hybridized carbons (Fsp3) is 0.467. The monoisotopic (exact) mass is 364 g/mol. The van der Waals surface area contributed by atoms with Gasteiger partial charge in [0, 0.05) is 0 Å². The van der Waals surface area contributed by atoms with Gasteiger partial charge >= 0.3 is 119 Å². The Balaban J connectivity index is 0.00000180. The van der Waals surface area contributed by atoms with E-state index < -0.39 is 24.0 Å². The summed E-state index contributed by atoms with van der Waals surface area (Å²) in [6, 6.07) is 9.63. The van der Waals surface area contributed by atoms with E-state index in [2.05, 4.69) is 67.2 Å². The zero-order chi connectivity index (χ0) is 13.1. The Hall–Kier alpha value is 0.431. The Morgan fingerprint density at radius 1 is 1.25 bits per heavy atom. The van der Waals surface area contributed by atoms with E-state index in [0.29, 0.717) is 6.04 Å². The molecule has 0 fully saturated rings. The van der Waals surface area contributed by atoms with Crippen LogP contribution in [0.4, 0.5) is 0 Å². The van der Waals surface area contributed by atoms with Crippen molar-refractivity contribution in [2.75, 3.05) is 0 Å². The first kappa shape index (κ1) is 20.4. The van der Waals surface area contributed by atoms with E-state index in [9.17, 15) is 0 Å². The molecule has 1 aliphatic carbocycles. The smallest absolute Gasteiger partial charge is 1.00 e. The SMILES string of the molecule is CCC(C)[NH][Ti+2]([CH]1C=Cc2ccccc21)[SiH](C)C.[Cl-].[Cl-]. The molecule has 0 spiro atoms. The largest absolute Gasteiger partial charge is 1.00 e. The third kappa shape index (κ3) is 4.72. The molecular formula is C15H24Cl2NSiTi. The molecule has 1 aromatic rings. The number of nitrogens with one attached hydrogen (secondary N) is 1. The Morgan fingerprint density at radius 2 is 1.90 bits per heavy atom. The first-order valence-electron chi connectivity index (χ1n) is 7.03. The van der Waals surface area contributed by atoms with E-state index in [1.807, 2.05) is 0 Å². The normalized spacial score (nSPS) is 17.1. The summed E-state index contributed by atoms with van der Waals surface area (Å²) >= 11 is -1.18. The van der Waals surface area contributed by atoms with Gasteiger partial charge < -0.3 is 24.8 Å². The molecule has 0 amide bonds. The summed E-state index contributed by atoms with van der Waals surface area (Å²) in [4.78, 5) is 0. The molecule has 1 N–H and O–H groups in total. The number of hydrogen-bond donors (Lipinski definition) is 1. The zero-order valence-electron chi connectivity index (χ0n) is 12.7. The molecule has 1 aliphatic rings. The average molecular weight is 365 g/mol. The van der Waals surface area contributed by atoms with Gasteiger partial charge in [0.2, 0.25) is 0 Å². The van der Waals surface area contributed by atoms with Crippen LogP contribution in [-0.4, -0.2) is 12.7 Å². The number of hydrogen-bond acceptors (Lipinski definition) is 1. The first-order chi connectivity index (χ1) is 8.63. The molecule has 2 unspecified atom stereocenters. The van der Waals surface area contributed by atoms with Crippen LogP contribution in [0.25, 0.3) is 6.08 Å². The Morgan fingerprint density at radius 3 is 2.50 bits per heavy atom. The quantitative estimate of drug-likeness (QED) is 0.578. The van der Waals surface area contributed by atoms with Gasteiger partial charge in [-0.25, -0.2) is 0 Å². The number of fused-ring (bicyclic) bond motifs is 1. The van der Waals surface area contributed by atoms with E-state index in [1.165, 1.54) is 12.0 Å². The van der Waals surface area contributed by atoms with Crippen LogP contribution >= 0.6 is 0 Å². The molecule has 0 saturated heterocycles. The van der Waals surface area contributed by atoms with Gasteiger partial charge in [0.1, 0.15) is 0 Å². The van der Waals surface area contributed by atoms with Crippen molar-refractivity contribution in [1.29, 1.82) is 0 Å². The minimum Gasteiger partial charge on any atom is -1.00 e. The van der Waals surface area contributed by atoms with Crippen LogP contribution < -0.4 is 28.6 Å². The van der Waals surface area contributed by atoms with Gasteiger partial charge in [0.15, 0.2) is 0 Å². The van der Waals surface area contributed by atoms with Crippen LogP contribution in [0.3, 0.4) is 0 Å². The Labute approximate surface area is 143 Å².